The minimum atomic E-state index is -0.770. The molecule has 0 atom stereocenters. The van der Waals surface area contributed by atoms with Gasteiger partial charge in [-0.2, -0.15) is 5.11 Å². The molecule has 0 amide bonds. The summed E-state index contributed by atoms with van der Waals surface area (Å²) in [5, 5.41) is 38.5. The van der Waals surface area contributed by atoms with E-state index in [1.807, 2.05) is 31.2 Å². The fourth-order valence-corrected chi connectivity index (χ4v) is 2.71. The fourth-order valence-electron chi connectivity index (χ4n) is 2.71. The Hall–Kier alpha value is -4.74. The summed E-state index contributed by atoms with van der Waals surface area (Å²) < 4.78 is 10.7. The van der Waals surface area contributed by atoms with Crippen LogP contribution in [0.1, 0.15) is 5.56 Å². The third kappa shape index (κ3) is 5.50. The Kier molecular flexibility index (Phi) is 6.98. The van der Waals surface area contributed by atoms with E-state index in [1.165, 1.54) is 26.4 Å². The maximum atomic E-state index is 11.3. The maximum absolute atomic E-state index is 11.3. The van der Waals surface area contributed by atoms with E-state index in [0.717, 1.165) is 23.8 Å². The SMILES string of the molecule is COc1cc(/N=N/c2ccc([N+](=O)[O-])cc2[N+](=O)[O-])c(OC)cc1/N=N/c1ccc(C)cc1. The summed E-state index contributed by atoms with van der Waals surface area (Å²) in [6.07, 6.45) is 0. The van der Waals surface area contributed by atoms with Crippen LogP contribution in [0.5, 0.6) is 11.5 Å². The lowest BCUT2D eigenvalue weighted by molar-refractivity contribution is -0.393. The van der Waals surface area contributed by atoms with Crippen molar-refractivity contribution in [2.75, 3.05) is 14.2 Å². The molecule has 0 bridgehead atoms. The summed E-state index contributed by atoms with van der Waals surface area (Å²) in [4.78, 5) is 20.7. The lowest BCUT2D eigenvalue weighted by atomic mass is 10.2. The van der Waals surface area contributed by atoms with Crippen molar-refractivity contribution in [3.63, 3.8) is 0 Å². The molecule has 0 radical (unpaired) electrons. The van der Waals surface area contributed by atoms with Crippen molar-refractivity contribution in [2.45, 2.75) is 6.92 Å². The summed E-state index contributed by atoms with van der Waals surface area (Å²) in [5.74, 6) is 0.584. The topological polar surface area (TPSA) is 154 Å². The van der Waals surface area contributed by atoms with Crippen molar-refractivity contribution in [1.29, 1.82) is 0 Å². The van der Waals surface area contributed by atoms with Crippen molar-refractivity contribution < 1.29 is 19.3 Å². The number of aryl methyl sites for hydroxylation is 1. The van der Waals surface area contributed by atoms with Crippen LogP contribution in [-0.2, 0) is 0 Å². The molecule has 0 heterocycles. The Morgan fingerprint density at radius 1 is 0.697 bits per heavy atom. The van der Waals surface area contributed by atoms with E-state index in [1.54, 1.807) is 0 Å². The first-order valence-electron chi connectivity index (χ1n) is 9.41. The lowest BCUT2D eigenvalue weighted by Crippen LogP contribution is -1.92. The Morgan fingerprint density at radius 2 is 1.24 bits per heavy atom. The van der Waals surface area contributed by atoms with Gasteiger partial charge in [-0.15, -0.1) is 15.3 Å². The van der Waals surface area contributed by atoms with E-state index in [9.17, 15) is 20.2 Å². The Balaban J connectivity index is 1.97. The second-order valence-electron chi connectivity index (χ2n) is 6.62. The smallest absolute Gasteiger partial charge is 0.303 e. The van der Waals surface area contributed by atoms with Gasteiger partial charge in [0.2, 0.25) is 0 Å². The standard InChI is InChI=1S/C21H18N6O6/c1-13-4-6-14(7-5-13)22-24-17-11-21(33-3)18(12-20(17)32-2)25-23-16-9-8-15(26(28)29)10-19(16)27(30)31/h4-12H,1-3H3/b24-22+,25-23+. The molecule has 0 aliphatic heterocycles. The van der Waals surface area contributed by atoms with Gasteiger partial charge in [-0.1, -0.05) is 17.7 Å². The van der Waals surface area contributed by atoms with Gasteiger partial charge < -0.3 is 9.47 Å². The van der Waals surface area contributed by atoms with E-state index < -0.39 is 21.2 Å². The highest BCUT2D eigenvalue weighted by Crippen LogP contribution is 2.41. The third-order valence-corrected chi connectivity index (χ3v) is 4.42. The molecule has 3 aromatic carbocycles. The molecule has 0 aliphatic rings. The number of methoxy groups -OCH3 is 2. The van der Waals surface area contributed by atoms with E-state index in [4.69, 9.17) is 9.47 Å². The molecule has 0 saturated carbocycles. The summed E-state index contributed by atoms with van der Waals surface area (Å²) in [6.45, 7) is 1.97. The average Bonchev–Trinajstić information content (AvgIpc) is 2.81. The third-order valence-electron chi connectivity index (χ3n) is 4.42. The van der Waals surface area contributed by atoms with Crippen molar-refractivity contribution in [3.8, 4) is 11.5 Å². The van der Waals surface area contributed by atoms with Gasteiger partial charge in [-0.05, 0) is 25.1 Å². The highest BCUT2D eigenvalue weighted by Gasteiger charge is 2.20. The Bertz CT molecular complexity index is 1260. The molecule has 33 heavy (non-hydrogen) atoms. The Labute approximate surface area is 187 Å². The first kappa shape index (κ1) is 22.9. The van der Waals surface area contributed by atoms with E-state index in [2.05, 4.69) is 20.5 Å². The number of non-ortho nitro benzene ring substituents is 1. The normalized spacial score (nSPS) is 11.1. The number of rotatable bonds is 8. The number of benzene rings is 3. The quantitative estimate of drug-likeness (QED) is 0.212. The van der Waals surface area contributed by atoms with Gasteiger partial charge in [-0.3, -0.25) is 20.2 Å². The molecular formula is C21H18N6O6. The van der Waals surface area contributed by atoms with Gasteiger partial charge >= 0.3 is 5.69 Å². The molecule has 0 spiro atoms. The molecule has 0 unspecified atom stereocenters. The zero-order chi connectivity index (χ0) is 24.0. The summed E-state index contributed by atoms with van der Waals surface area (Å²) in [5.41, 5.74) is 1.18. The highest BCUT2D eigenvalue weighted by atomic mass is 16.6. The second kappa shape index (κ2) is 10.0. The molecule has 0 N–H and O–H groups in total. The molecular weight excluding hydrogens is 432 g/mol. The van der Waals surface area contributed by atoms with Crippen LogP contribution in [0.2, 0.25) is 0 Å². The van der Waals surface area contributed by atoms with E-state index in [-0.39, 0.29) is 17.1 Å². The Morgan fingerprint density at radius 3 is 1.76 bits per heavy atom. The minimum Gasteiger partial charge on any atom is -0.494 e. The number of nitro groups is 2. The van der Waals surface area contributed by atoms with Gasteiger partial charge in [0.25, 0.3) is 5.69 Å². The molecule has 12 heteroatoms. The number of ether oxygens (including phenoxy) is 2. The van der Waals surface area contributed by atoms with Gasteiger partial charge in [-0.25, -0.2) is 0 Å². The number of nitro benzene ring substituents is 2. The zero-order valence-corrected chi connectivity index (χ0v) is 17.8. The first-order valence-corrected chi connectivity index (χ1v) is 9.41. The number of hydrogen-bond donors (Lipinski definition) is 0. The summed E-state index contributed by atoms with van der Waals surface area (Å²) >= 11 is 0. The van der Waals surface area contributed by atoms with Crippen LogP contribution in [0, 0.1) is 27.2 Å². The maximum Gasteiger partial charge on any atom is 0.303 e. The highest BCUT2D eigenvalue weighted by molar-refractivity contribution is 5.67. The first-order chi connectivity index (χ1) is 15.8. The largest absolute Gasteiger partial charge is 0.494 e. The van der Waals surface area contributed by atoms with Crippen molar-refractivity contribution in [1.82, 2.24) is 0 Å². The van der Waals surface area contributed by atoms with Crippen LogP contribution in [0.15, 0.2) is 75.1 Å². The summed E-state index contributed by atoms with van der Waals surface area (Å²) in [7, 11) is 2.85. The predicted molar refractivity (Wildman–Crippen MR) is 119 cm³/mol. The number of hydrogen-bond acceptors (Lipinski definition) is 10. The lowest BCUT2D eigenvalue weighted by Gasteiger charge is -2.09. The fraction of sp³-hybridized carbons (Fsp3) is 0.143. The van der Waals surface area contributed by atoms with Crippen LogP contribution < -0.4 is 9.47 Å². The number of azo groups is 2. The summed E-state index contributed by atoms with van der Waals surface area (Å²) in [6, 6.07) is 13.6. The van der Waals surface area contributed by atoms with Crippen molar-refractivity contribution >= 4 is 34.1 Å². The molecule has 0 aliphatic carbocycles. The zero-order valence-electron chi connectivity index (χ0n) is 17.8. The molecule has 168 valence electrons. The molecule has 3 aromatic rings. The van der Waals surface area contributed by atoms with E-state index >= 15 is 0 Å². The van der Waals surface area contributed by atoms with Gasteiger partial charge in [0.05, 0.1) is 35.8 Å². The van der Waals surface area contributed by atoms with Crippen LogP contribution >= 0.6 is 0 Å². The van der Waals surface area contributed by atoms with Gasteiger partial charge in [0, 0.05) is 18.2 Å². The van der Waals surface area contributed by atoms with Crippen LogP contribution in [0.3, 0.4) is 0 Å². The van der Waals surface area contributed by atoms with Crippen molar-refractivity contribution in [3.05, 3.63) is 80.4 Å². The van der Waals surface area contributed by atoms with Crippen LogP contribution in [0.4, 0.5) is 34.1 Å². The molecule has 12 nitrogen and oxygen atoms in total. The minimum absolute atomic E-state index is 0.158. The monoisotopic (exact) mass is 450 g/mol. The average molecular weight is 450 g/mol. The van der Waals surface area contributed by atoms with Gasteiger partial charge in [0.15, 0.2) is 5.69 Å². The molecule has 0 aromatic heterocycles. The van der Waals surface area contributed by atoms with E-state index in [0.29, 0.717) is 17.1 Å². The van der Waals surface area contributed by atoms with Crippen LogP contribution in [0.25, 0.3) is 0 Å². The van der Waals surface area contributed by atoms with Crippen LogP contribution in [-0.4, -0.2) is 24.1 Å². The molecule has 0 saturated heterocycles. The van der Waals surface area contributed by atoms with Crippen molar-refractivity contribution in [2.24, 2.45) is 20.5 Å². The molecule has 0 fully saturated rings. The molecule has 3 rings (SSSR count). The van der Waals surface area contributed by atoms with Gasteiger partial charge in [0.1, 0.15) is 22.9 Å². The second-order valence-corrected chi connectivity index (χ2v) is 6.62. The number of nitrogens with zero attached hydrogens (tertiary/aromatic N) is 6. The predicted octanol–water partition coefficient (Wildman–Crippen LogP) is 6.66.